The van der Waals surface area contributed by atoms with E-state index in [0.29, 0.717) is 44.3 Å². The second-order valence-corrected chi connectivity index (χ2v) is 10.2. The highest BCUT2D eigenvalue weighted by Crippen LogP contribution is 2.59. The third-order valence-electron chi connectivity index (χ3n) is 7.55. The largest absolute Gasteiger partial charge is 0.380 e. The molecule has 39 heavy (non-hydrogen) atoms. The molecular formula is C25H18ClFN10O2. The van der Waals surface area contributed by atoms with Gasteiger partial charge < -0.3 is 25.2 Å². The number of aliphatic hydroxyl groups is 1. The van der Waals surface area contributed by atoms with Crippen molar-refractivity contribution in [1.82, 2.24) is 40.2 Å². The molecule has 8 rings (SSSR count). The number of aromatic amines is 1. The summed E-state index contributed by atoms with van der Waals surface area (Å²) >= 11 is 6.31. The zero-order valence-electron chi connectivity index (χ0n) is 19.9. The van der Waals surface area contributed by atoms with Gasteiger partial charge in [0.15, 0.2) is 11.4 Å². The van der Waals surface area contributed by atoms with E-state index in [-0.39, 0.29) is 29.4 Å². The Morgan fingerprint density at radius 2 is 2.10 bits per heavy atom. The fraction of sp³-hybridized carbons (Fsp3) is 0.200. The van der Waals surface area contributed by atoms with E-state index in [1.165, 1.54) is 11.0 Å². The van der Waals surface area contributed by atoms with Crippen molar-refractivity contribution in [2.24, 2.45) is 16.8 Å². The van der Waals surface area contributed by atoms with Crippen LogP contribution >= 0.6 is 11.6 Å². The Balaban J connectivity index is 1.16. The van der Waals surface area contributed by atoms with Gasteiger partial charge in [0, 0.05) is 22.1 Å². The predicted molar refractivity (Wildman–Crippen MR) is 138 cm³/mol. The Kier molecular flexibility index (Phi) is 4.56. The van der Waals surface area contributed by atoms with Gasteiger partial charge in [-0.3, -0.25) is 0 Å². The number of rotatable bonds is 4. The van der Waals surface area contributed by atoms with Crippen molar-refractivity contribution in [2.75, 3.05) is 5.73 Å². The third kappa shape index (κ3) is 3.33. The number of anilines is 1. The highest BCUT2D eigenvalue weighted by atomic mass is 35.5. The summed E-state index contributed by atoms with van der Waals surface area (Å²) in [5.41, 5.74) is 8.92. The highest BCUT2D eigenvalue weighted by molar-refractivity contribution is 6.30. The molecule has 2 aliphatic heterocycles. The summed E-state index contributed by atoms with van der Waals surface area (Å²) in [5.74, 6) is 1.04. The topological polar surface area (TPSA) is 160 Å². The maximum atomic E-state index is 15.1. The van der Waals surface area contributed by atoms with Crippen LogP contribution in [-0.2, 0) is 0 Å². The van der Waals surface area contributed by atoms with E-state index in [1.807, 2.05) is 0 Å². The molecule has 0 bridgehead atoms. The van der Waals surface area contributed by atoms with Crippen molar-refractivity contribution in [2.45, 2.75) is 18.7 Å². The van der Waals surface area contributed by atoms with Gasteiger partial charge in [-0.2, -0.15) is 9.07 Å². The Hall–Kier alpha value is -4.62. The quantitative estimate of drug-likeness (QED) is 0.308. The molecule has 2 aromatic carbocycles. The van der Waals surface area contributed by atoms with Crippen molar-refractivity contribution in [3.05, 3.63) is 71.2 Å². The van der Waals surface area contributed by atoms with Gasteiger partial charge in [0.2, 0.25) is 5.95 Å². The van der Waals surface area contributed by atoms with E-state index in [1.54, 1.807) is 47.4 Å². The van der Waals surface area contributed by atoms with Gasteiger partial charge in [-0.25, -0.2) is 9.98 Å². The van der Waals surface area contributed by atoms with Gasteiger partial charge >= 0.3 is 0 Å². The molecule has 1 aliphatic carbocycles. The minimum atomic E-state index is -1.02. The fourth-order valence-electron chi connectivity index (χ4n) is 5.71. The number of nitrogens with zero attached hydrogens (tertiary/aromatic N) is 8. The first kappa shape index (κ1) is 22.4. The van der Waals surface area contributed by atoms with Crippen LogP contribution in [0, 0.1) is 17.8 Å². The molecule has 4 unspecified atom stereocenters. The third-order valence-corrected chi connectivity index (χ3v) is 7.78. The van der Waals surface area contributed by atoms with Crippen molar-refractivity contribution in [3.8, 4) is 16.9 Å². The number of H-pyrrole nitrogens is 1. The molecule has 12 nitrogen and oxygen atoms in total. The Labute approximate surface area is 223 Å². The van der Waals surface area contributed by atoms with Gasteiger partial charge in [-0.1, -0.05) is 22.8 Å². The number of aliphatic hydroxyl groups excluding tert-OH is 1. The van der Waals surface area contributed by atoms with Gasteiger partial charge in [0.1, 0.15) is 29.9 Å². The molecule has 194 valence electrons. The molecule has 3 aromatic heterocycles. The number of nitrogens with one attached hydrogen (secondary N) is 1. The normalized spacial score (nSPS) is 23.5. The fourth-order valence-corrected chi connectivity index (χ4v) is 5.88. The van der Waals surface area contributed by atoms with E-state index in [0.717, 1.165) is 12.3 Å². The Morgan fingerprint density at radius 1 is 1.21 bits per heavy atom. The minimum Gasteiger partial charge on any atom is -0.380 e. The summed E-state index contributed by atoms with van der Waals surface area (Å²) in [6, 6.07) is 10.1. The lowest BCUT2D eigenvalue weighted by atomic mass is 10.1. The van der Waals surface area contributed by atoms with Crippen molar-refractivity contribution >= 4 is 39.9 Å². The summed E-state index contributed by atoms with van der Waals surface area (Å²) in [5, 5.41) is 27.6. The number of imidazole rings is 1. The molecule has 0 spiro atoms. The molecule has 2 fully saturated rings. The van der Waals surface area contributed by atoms with Crippen LogP contribution in [0.5, 0.6) is 0 Å². The number of hydrogen-bond acceptors (Lipinski definition) is 10. The Bertz CT molecular complexity index is 1840. The number of amidine groups is 1. The number of nitrogens with two attached hydrogens (primary N) is 1. The number of nitrogen functional groups attached to an aromatic ring is 1. The number of hydrogen-bond donors (Lipinski definition) is 3. The lowest BCUT2D eigenvalue weighted by molar-refractivity contribution is 0.0632. The first-order chi connectivity index (χ1) is 19.0. The molecule has 3 aliphatic rings. The summed E-state index contributed by atoms with van der Waals surface area (Å²) in [6.07, 6.45) is 2.96. The average molecular weight is 545 g/mol. The highest BCUT2D eigenvalue weighted by Gasteiger charge is 2.60. The lowest BCUT2D eigenvalue weighted by Crippen LogP contribution is -2.41. The number of aromatic nitrogens is 7. The molecule has 0 radical (unpaired) electrons. The van der Waals surface area contributed by atoms with Crippen LogP contribution in [0.3, 0.4) is 0 Å². The van der Waals surface area contributed by atoms with E-state index in [9.17, 15) is 5.11 Å². The van der Waals surface area contributed by atoms with E-state index in [2.05, 4.69) is 30.7 Å². The summed E-state index contributed by atoms with van der Waals surface area (Å²) in [7, 11) is 0. The van der Waals surface area contributed by atoms with Crippen LogP contribution in [0.25, 0.3) is 33.6 Å². The van der Waals surface area contributed by atoms with Crippen LogP contribution in [0.2, 0.25) is 5.02 Å². The van der Waals surface area contributed by atoms with E-state index >= 15 is 4.39 Å². The number of fused-ring (bicyclic) bond motifs is 4. The van der Waals surface area contributed by atoms with Crippen LogP contribution in [0.15, 0.2) is 58.3 Å². The summed E-state index contributed by atoms with van der Waals surface area (Å²) < 4.78 is 21.9. The molecular weight excluding hydrogens is 527 g/mol. The smallest absolute Gasteiger partial charge is 0.238 e. The van der Waals surface area contributed by atoms with Crippen molar-refractivity contribution < 1.29 is 14.0 Å². The maximum absolute atomic E-state index is 15.1. The van der Waals surface area contributed by atoms with Gasteiger partial charge in [-0.15, -0.1) is 5.10 Å². The van der Waals surface area contributed by atoms with Crippen molar-refractivity contribution in [1.29, 1.82) is 0 Å². The Morgan fingerprint density at radius 3 is 2.95 bits per heavy atom. The SMILES string of the molecule is Nc1noc2cc(-c3[nH]c(C4C5CC5C5=NC(c6cc(Cl)ccc6-n6cnnn6)=CC(O)N54)nc3F)ccc12. The monoisotopic (exact) mass is 544 g/mol. The first-order valence-corrected chi connectivity index (χ1v) is 12.5. The van der Waals surface area contributed by atoms with Crippen LogP contribution in [-0.4, -0.2) is 57.4 Å². The molecule has 0 amide bonds. The number of aliphatic imine (C=N–C) groups is 1. The van der Waals surface area contributed by atoms with Gasteiger partial charge in [0.05, 0.1) is 22.8 Å². The molecule has 5 aromatic rings. The molecule has 1 saturated carbocycles. The zero-order chi connectivity index (χ0) is 26.4. The lowest BCUT2D eigenvalue weighted by Gasteiger charge is -2.34. The summed E-state index contributed by atoms with van der Waals surface area (Å²) in [4.78, 5) is 14.1. The number of piperidine rings is 1. The maximum Gasteiger partial charge on any atom is 0.238 e. The van der Waals surface area contributed by atoms with Crippen LogP contribution in [0.1, 0.15) is 23.9 Å². The molecule has 5 heterocycles. The zero-order valence-corrected chi connectivity index (χ0v) is 20.7. The molecule has 1 saturated heterocycles. The predicted octanol–water partition coefficient (Wildman–Crippen LogP) is 3.33. The summed E-state index contributed by atoms with van der Waals surface area (Å²) in [6.45, 7) is 0. The standard InChI is InChI=1S/C25H18ClFN10O2/c26-11-2-4-17(36-9-29-34-35-36)15(6-11)16-8-19(38)37-21(13-7-14(13)25(37)30-16)24-31-20(22(27)32-24)10-1-3-12-18(5-10)39-33-23(12)28/h1-6,8-9,13-14,19,21,38H,7H2,(H2,28,33)(H,31,32). The van der Waals surface area contributed by atoms with Crippen LogP contribution < -0.4 is 5.73 Å². The molecule has 4 N–H and O–H groups in total. The number of halogens is 2. The molecule has 14 heteroatoms. The van der Waals surface area contributed by atoms with E-state index in [4.69, 9.17) is 26.9 Å². The first-order valence-electron chi connectivity index (χ1n) is 12.2. The van der Waals surface area contributed by atoms with Crippen LogP contribution in [0.4, 0.5) is 10.2 Å². The van der Waals surface area contributed by atoms with E-state index < -0.39 is 12.2 Å². The second-order valence-electron chi connectivity index (χ2n) is 9.78. The second kappa shape index (κ2) is 7.94. The minimum absolute atomic E-state index is 0.120. The van der Waals surface area contributed by atoms with Crippen molar-refractivity contribution in [3.63, 3.8) is 0 Å². The number of tetrazole rings is 1. The van der Waals surface area contributed by atoms with Gasteiger partial charge in [-0.05, 0) is 59.2 Å². The number of benzene rings is 2. The molecule has 4 atom stereocenters. The van der Waals surface area contributed by atoms with Gasteiger partial charge in [0.25, 0.3) is 0 Å². The average Bonchev–Trinajstić information content (AvgIpc) is 3.30.